The summed E-state index contributed by atoms with van der Waals surface area (Å²) in [5.41, 5.74) is 0.867. The molecular weight excluding hydrogens is 240 g/mol. The van der Waals surface area contributed by atoms with E-state index in [-0.39, 0.29) is 12.5 Å². The van der Waals surface area contributed by atoms with E-state index in [1.807, 2.05) is 12.1 Å². The number of hydrogen-bond acceptors (Lipinski definition) is 3. The largest absolute Gasteiger partial charge is 0.468 e. The highest BCUT2D eigenvalue weighted by atomic mass is 35.5. The molecule has 1 aromatic heterocycles. The third-order valence-electron chi connectivity index (χ3n) is 2.33. The predicted molar refractivity (Wildman–Crippen MR) is 64.7 cm³/mol. The molecule has 0 N–H and O–H groups in total. The van der Waals surface area contributed by atoms with E-state index in [1.165, 1.54) is 7.11 Å². The van der Waals surface area contributed by atoms with Gasteiger partial charge in [-0.3, -0.25) is 4.79 Å². The number of aromatic nitrogens is 2. The minimum absolute atomic E-state index is 0.137. The Morgan fingerprint density at radius 3 is 3.06 bits per heavy atom. The highest BCUT2D eigenvalue weighted by Crippen LogP contribution is 2.21. The van der Waals surface area contributed by atoms with Crippen LogP contribution in [0.3, 0.4) is 0 Å². The molecule has 0 bridgehead atoms. The van der Waals surface area contributed by atoms with Gasteiger partial charge in [-0.05, 0) is 12.1 Å². The lowest BCUT2D eigenvalue weighted by Gasteiger charge is -2.06. The van der Waals surface area contributed by atoms with Crippen LogP contribution in [0.1, 0.15) is 0 Å². The van der Waals surface area contributed by atoms with Gasteiger partial charge in [-0.1, -0.05) is 23.7 Å². The van der Waals surface area contributed by atoms with Gasteiger partial charge >= 0.3 is 5.97 Å². The maximum atomic E-state index is 11.2. The molecule has 4 nitrogen and oxygen atoms in total. The van der Waals surface area contributed by atoms with Gasteiger partial charge in [-0.15, -0.1) is 0 Å². The van der Waals surface area contributed by atoms with E-state index < -0.39 is 0 Å². The van der Waals surface area contributed by atoms with Crippen molar-refractivity contribution < 1.29 is 9.53 Å². The molecule has 1 heterocycles. The topological polar surface area (TPSA) is 44.1 Å². The number of hydrogen-bond donors (Lipinski definition) is 0. The van der Waals surface area contributed by atoms with Crippen LogP contribution in [-0.4, -0.2) is 22.6 Å². The quantitative estimate of drug-likeness (QED) is 0.786. The monoisotopic (exact) mass is 250 g/mol. The summed E-state index contributed by atoms with van der Waals surface area (Å²) in [6, 6.07) is 7.33. The molecule has 0 saturated carbocycles. The minimum atomic E-state index is -0.314. The third-order valence-corrected chi connectivity index (χ3v) is 2.56. The number of carbonyl (C=O) groups is 1. The van der Waals surface area contributed by atoms with Gasteiger partial charge in [0.15, 0.2) is 0 Å². The van der Waals surface area contributed by atoms with Crippen LogP contribution in [0.2, 0.25) is 5.02 Å². The standard InChI is InChI=1S/C12H11ClN2O2/c1-17-11(16)8-15-6-5-14-12(15)9-3-2-4-10(13)7-9/h2-7H,8H2,1H3. The molecule has 0 amide bonds. The van der Waals surface area contributed by atoms with Crippen LogP contribution in [0.25, 0.3) is 11.4 Å². The second kappa shape index (κ2) is 5.01. The Balaban J connectivity index is 2.33. The van der Waals surface area contributed by atoms with Crippen molar-refractivity contribution in [2.24, 2.45) is 0 Å². The van der Waals surface area contributed by atoms with E-state index in [4.69, 9.17) is 11.6 Å². The smallest absolute Gasteiger partial charge is 0.325 e. The van der Waals surface area contributed by atoms with Crippen LogP contribution in [0, 0.1) is 0 Å². The molecule has 0 aliphatic heterocycles. The average molecular weight is 251 g/mol. The van der Waals surface area contributed by atoms with Crippen LogP contribution >= 0.6 is 11.6 Å². The van der Waals surface area contributed by atoms with Gasteiger partial charge in [-0.25, -0.2) is 4.98 Å². The second-order valence-electron chi connectivity index (χ2n) is 3.47. The van der Waals surface area contributed by atoms with Gasteiger partial charge in [0.1, 0.15) is 12.4 Å². The fourth-order valence-electron chi connectivity index (χ4n) is 1.53. The molecule has 0 spiro atoms. The number of nitrogens with zero attached hydrogens (tertiary/aromatic N) is 2. The zero-order valence-corrected chi connectivity index (χ0v) is 10.0. The molecule has 0 aliphatic carbocycles. The molecule has 0 unspecified atom stereocenters. The zero-order valence-electron chi connectivity index (χ0n) is 9.26. The van der Waals surface area contributed by atoms with Crippen LogP contribution in [0.15, 0.2) is 36.7 Å². The van der Waals surface area contributed by atoms with Crippen molar-refractivity contribution in [3.8, 4) is 11.4 Å². The third kappa shape index (κ3) is 2.65. The first-order chi connectivity index (χ1) is 8.20. The van der Waals surface area contributed by atoms with Gasteiger partial charge in [0.05, 0.1) is 7.11 Å². The molecule has 0 fully saturated rings. The molecule has 88 valence electrons. The number of carbonyl (C=O) groups excluding carboxylic acids is 1. The van der Waals surface area contributed by atoms with E-state index in [9.17, 15) is 4.79 Å². The van der Waals surface area contributed by atoms with Gasteiger partial charge in [0.25, 0.3) is 0 Å². The molecule has 2 rings (SSSR count). The van der Waals surface area contributed by atoms with Crippen molar-refractivity contribution in [2.45, 2.75) is 6.54 Å². The maximum absolute atomic E-state index is 11.2. The molecule has 0 aliphatic rings. The molecule has 17 heavy (non-hydrogen) atoms. The highest BCUT2D eigenvalue weighted by Gasteiger charge is 2.09. The predicted octanol–water partition coefficient (Wildman–Crippen LogP) is 2.38. The van der Waals surface area contributed by atoms with Crippen LogP contribution in [-0.2, 0) is 16.1 Å². The fourth-order valence-corrected chi connectivity index (χ4v) is 1.72. The van der Waals surface area contributed by atoms with Crippen molar-refractivity contribution in [2.75, 3.05) is 7.11 Å². The summed E-state index contributed by atoms with van der Waals surface area (Å²) < 4.78 is 6.34. The molecular formula is C12H11ClN2O2. The van der Waals surface area contributed by atoms with Crippen molar-refractivity contribution in [1.82, 2.24) is 9.55 Å². The summed E-state index contributed by atoms with van der Waals surface area (Å²) in [5, 5.41) is 0.634. The van der Waals surface area contributed by atoms with Crippen molar-refractivity contribution in [3.63, 3.8) is 0 Å². The lowest BCUT2D eigenvalue weighted by Crippen LogP contribution is -2.11. The fraction of sp³-hybridized carbons (Fsp3) is 0.167. The first kappa shape index (κ1) is 11.7. The first-order valence-corrected chi connectivity index (χ1v) is 5.42. The van der Waals surface area contributed by atoms with Crippen LogP contribution in [0.5, 0.6) is 0 Å². The number of esters is 1. The van der Waals surface area contributed by atoms with E-state index >= 15 is 0 Å². The molecule has 5 heteroatoms. The number of methoxy groups -OCH3 is 1. The van der Waals surface area contributed by atoms with E-state index in [2.05, 4.69) is 9.72 Å². The molecule has 0 atom stereocenters. The SMILES string of the molecule is COC(=O)Cn1ccnc1-c1cccc(Cl)c1. The lowest BCUT2D eigenvalue weighted by atomic mass is 10.2. The van der Waals surface area contributed by atoms with E-state index in [1.54, 1.807) is 29.1 Å². The Kier molecular flexibility index (Phi) is 3.44. The highest BCUT2D eigenvalue weighted by molar-refractivity contribution is 6.30. The van der Waals surface area contributed by atoms with Crippen LogP contribution < -0.4 is 0 Å². The van der Waals surface area contributed by atoms with Crippen LogP contribution in [0.4, 0.5) is 0 Å². The van der Waals surface area contributed by atoms with Crippen molar-refractivity contribution in [1.29, 1.82) is 0 Å². The summed E-state index contributed by atoms with van der Waals surface area (Å²) in [6.07, 6.45) is 3.37. The Labute approximate surface area is 104 Å². The van der Waals surface area contributed by atoms with Gasteiger partial charge in [0, 0.05) is 23.0 Å². The average Bonchev–Trinajstić information content (AvgIpc) is 2.77. The van der Waals surface area contributed by atoms with E-state index in [0.717, 1.165) is 5.56 Å². The van der Waals surface area contributed by atoms with Gasteiger partial charge < -0.3 is 9.30 Å². The summed E-state index contributed by atoms with van der Waals surface area (Å²) in [5.74, 6) is 0.379. The number of ether oxygens (including phenoxy) is 1. The molecule has 0 radical (unpaired) electrons. The zero-order chi connectivity index (χ0) is 12.3. The summed E-state index contributed by atoms with van der Waals surface area (Å²) >= 11 is 5.92. The number of benzene rings is 1. The Hall–Kier alpha value is -1.81. The maximum Gasteiger partial charge on any atom is 0.325 e. The number of rotatable bonds is 3. The first-order valence-electron chi connectivity index (χ1n) is 5.04. The minimum Gasteiger partial charge on any atom is -0.468 e. The Morgan fingerprint density at radius 1 is 1.53 bits per heavy atom. The summed E-state index contributed by atoms with van der Waals surface area (Å²) in [7, 11) is 1.36. The molecule has 2 aromatic rings. The second-order valence-corrected chi connectivity index (χ2v) is 3.90. The lowest BCUT2D eigenvalue weighted by molar-refractivity contribution is -0.141. The Morgan fingerprint density at radius 2 is 2.35 bits per heavy atom. The van der Waals surface area contributed by atoms with Crippen molar-refractivity contribution in [3.05, 3.63) is 41.7 Å². The van der Waals surface area contributed by atoms with E-state index in [0.29, 0.717) is 10.8 Å². The number of halogens is 1. The van der Waals surface area contributed by atoms with Crippen molar-refractivity contribution >= 4 is 17.6 Å². The summed E-state index contributed by atoms with van der Waals surface area (Å²) in [4.78, 5) is 15.4. The summed E-state index contributed by atoms with van der Waals surface area (Å²) in [6.45, 7) is 0.137. The normalized spacial score (nSPS) is 10.2. The number of imidazole rings is 1. The molecule has 1 aromatic carbocycles. The Bertz CT molecular complexity index is 537. The van der Waals surface area contributed by atoms with Gasteiger partial charge in [0.2, 0.25) is 0 Å². The van der Waals surface area contributed by atoms with Gasteiger partial charge in [-0.2, -0.15) is 0 Å². The molecule has 0 saturated heterocycles.